The predicted octanol–water partition coefficient (Wildman–Crippen LogP) is 5.28. The number of aromatic nitrogens is 1. The highest BCUT2D eigenvalue weighted by atomic mass is 16.4. The Morgan fingerprint density at radius 3 is 2.52 bits per heavy atom. The Morgan fingerprint density at radius 1 is 0.880 bits per heavy atom. The van der Waals surface area contributed by atoms with Crippen molar-refractivity contribution >= 4 is 28.2 Å². The van der Waals surface area contributed by atoms with Crippen LogP contribution in [0, 0.1) is 0 Å². The molecule has 4 rings (SSSR count). The highest BCUT2D eigenvalue weighted by Crippen LogP contribution is 2.29. The molecule has 0 radical (unpaired) electrons. The fourth-order valence-corrected chi connectivity index (χ4v) is 2.93. The number of rotatable bonds is 4. The van der Waals surface area contributed by atoms with Crippen molar-refractivity contribution in [3.63, 3.8) is 0 Å². The van der Waals surface area contributed by atoms with E-state index in [1.54, 1.807) is 6.07 Å². The standard InChI is InChI=1S/C21H16N2O2/c24-21(25)18-8-6-15(14-4-2-1-3-5-14)13-20(18)23-17-7-9-19-16(12-17)10-11-22-19/h1-13,22-23H,(H,24,25). The fraction of sp³-hybridized carbons (Fsp3) is 0. The highest BCUT2D eigenvalue weighted by molar-refractivity contribution is 5.97. The Hall–Kier alpha value is -3.53. The topological polar surface area (TPSA) is 65.1 Å². The molecule has 3 aromatic carbocycles. The molecule has 0 saturated heterocycles. The lowest BCUT2D eigenvalue weighted by atomic mass is 10.0. The molecule has 1 aromatic heterocycles. The molecular formula is C21H16N2O2. The van der Waals surface area contributed by atoms with Gasteiger partial charge in [-0.25, -0.2) is 4.79 Å². The molecule has 4 nitrogen and oxygen atoms in total. The fourth-order valence-electron chi connectivity index (χ4n) is 2.93. The number of H-pyrrole nitrogens is 1. The number of carboxylic acids is 1. The molecular weight excluding hydrogens is 312 g/mol. The van der Waals surface area contributed by atoms with Crippen LogP contribution in [-0.2, 0) is 0 Å². The van der Waals surface area contributed by atoms with Crippen molar-refractivity contribution in [3.8, 4) is 11.1 Å². The number of carboxylic acid groups (broad SMARTS) is 1. The molecule has 0 atom stereocenters. The average molecular weight is 328 g/mol. The van der Waals surface area contributed by atoms with Gasteiger partial charge in [0.1, 0.15) is 0 Å². The molecule has 0 saturated carbocycles. The third kappa shape index (κ3) is 2.97. The molecule has 1 heterocycles. The molecule has 3 N–H and O–H groups in total. The number of nitrogens with one attached hydrogen (secondary N) is 2. The van der Waals surface area contributed by atoms with Crippen molar-refractivity contribution in [2.24, 2.45) is 0 Å². The zero-order valence-corrected chi connectivity index (χ0v) is 13.4. The van der Waals surface area contributed by atoms with Crippen molar-refractivity contribution in [3.05, 3.63) is 84.6 Å². The van der Waals surface area contributed by atoms with Gasteiger partial charge in [0.05, 0.1) is 11.3 Å². The SMILES string of the molecule is O=C(O)c1ccc(-c2ccccc2)cc1Nc1ccc2[nH]ccc2c1. The zero-order chi connectivity index (χ0) is 17.2. The normalized spacial score (nSPS) is 10.7. The molecule has 0 unspecified atom stereocenters. The smallest absolute Gasteiger partial charge is 0.337 e. The molecule has 25 heavy (non-hydrogen) atoms. The van der Waals surface area contributed by atoms with E-state index < -0.39 is 5.97 Å². The number of hydrogen-bond acceptors (Lipinski definition) is 2. The zero-order valence-electron chi connectivity index (χ0n) is 13.4. The van der Waals surface area contributed by atoms with E-state index in [4.69, 9.17) is 0 Å². The second kappa shape index (κ2) is 6.17. The third-order valence-corrected chi connectivity index (χ3v) is 4.19. The van der Waals surface area contributed by atoms with Crippen LogP contribution in [0.3, 0.4) is 0 Å². The van der Waals surface area contributed by atoms with Crippen LogP contribution in [0.25, 0.3) is 22.0 Å². The van der Waals surface area contributed by atoms with Crippen LogP contribution in [0.4, 0.5) is 11.4 Å². The lowest BCUT2D eigenvalue weighted by Gasteiger charge is -2.12. The van der Waals surface area contributed by atoms with Crippen molar-refractivity contribution in [2.45, 2.75) is 0 Å². The van der Waals surface area contributed by atoms with Crippen LogP contribution in [0.15, 0.2) is 79.0 Å². The summed E-state index contributed by atoms with van der Waals surface area (Å²) >= 11 is 0. The monoisotopic (exact) mass is 328 g/mol. The maximum Gasteiger partial charge on any atom is 0.337 e. The van der Waals surface area contributed by atoms with Crippen LogP contribution in [0.1, 0.15) is 10.4 Å². The van der Waals surface area contributed by atoms with Crippen molar-refractivity contribution in [1.29, 1.82) is 0 Å². The Labute approximate surface area is 144 Å². The van der Waals surface area contributed by atoms with E-state index in [0.29, 0.717) is 5.69 Å². The summed E-state index contributed by atoms with van der Waals surface area (Å²) in [6, 6.07) is 23.1. The van der Waals surface area contributed by atoms with Gasteiger partial charge in [-0.2, -0.15) is 0 Å². The Morgan fingerprint density at radius 2 is 1.72 bits per heavy atom. The third-order valence-electron chi connectivity index (χ3n) is 4.19. The number of aromatic carboxylic acids is 1. The molecule has 0 aliphatic rings. The molecule has 0 amide bonds. The molecule has 0 fully saturated rings. The van der Waals surface area contributed by atoms with Gasteiger partial charge in [-0.1, -0.05) is 36.4 Å². The minimum Gasteiger partial charge on any atom is -0.478 e. The largest absolute Gasteiger partial charge is 0.478 e. The lowest BCUT2D eigenvalue weighted by molar-refractivity contribution is 0.0698. The molecule has 4 aromatic rings. The Bertz CT molecular complexity index is 1050. The van der Waals surface area contributed by atoms with Crippen LogP contribution in [0.5, 0.6) is 0 Å². The minimum atomic E-state index is -0.954. The number of hydrogen-bond donors (Lipinski definition) is 3. The van der Waals surface area contributed by atoms with Gasteiger partial charge >= 0.3 is 5.97 Å². The number of carbonyl (C=O) groups is 1. The first kappa shape index (κ1) is 15.0. The van der Waals surface area contributed by atoms with E-state index in [9.17, 15) is 9.90 Å². The van der Waals surface area contributed by atoms with Crippen LogP contribution in [-0.4, -0.2) is 16.1 Å². The summed E-state index contributed by atoms with van der Waals surface area (Å²) in [6.45, 7) is 0. The van der Waals surface area contributed by atoms with Gasteiger partial charge in [-0.05, 0) is 47.5 Å². The second-order valence-electron chi connectivity index (χ2n) is 5.84. The van der Waals surface area contributed by atoms with Gasteiger partial charge in [0.2, 0.25) is 0 Å². The average Bonchev–Trinajstić information content (AvgIpc) is 3.10. The van der Waals surface area contributed by atoms with Gasteiger partial charge in [0.15, 0.2) is 0 Å². The summed E-state index contributed by atoms with van der Waals surface area (Å²) in [5.41, 5.74) is 4.72. The van der Waals surface area contributed by atoms with Crippen molar-refractivity contribution in [1.82, 2.24) is 4.98 Å². The summed E-state index contributed by atoms with van der Waals surface area (Å²) in [5, 5.41) is 13.8. The van der Waals surface area contributed by atoms with Crippen molar-refractivity contribution in [2.75, 3.05) is 5.32 Å². The second-order valence-corrected chi connectivity index (χ2v) is 5.84. The summed E-state index contributed by atoms with van der Waals surface area (Å²) in [5.74, 6) is -0.954. The quantitative estimate of drug-likeness (QED) is 0.478. The van der Waals surface area contributed by atoms with Gasteiger partial charge in [-0.15, -0.1) is 0 Å². The van der Waals surface area contributed by atoms with E-state index in [1.165, 1.54) is 0 Å². The molecule has 0 bridgehead atoms. The first-order chi connectivity index (χ1) is 12.2. The summed E-state index contributed by atoms with van der Waals surface area (Å²) in [7, 11) is 0. The highest BCUT2D eigenvalue weighted by Gasteiger charge is 2.12. The molecule has 0 aliphatic carbocycles. The van der Waals surface area contributed by atoms with Crippen LogP contribution in [0.2, 0.25) is 0 Å². The van der Waals surface area contributed by atoms with E-state index in [2.05, 4.69) is 10.3 Å². The van der Waals surface area contributed by atoms with E-state index in [1.807, 2.05) is 72.9 Å². The molecule has 122 valence electrons. The maximum absolute atomic E-state index is 11.6. The molecule has 4 heteroatoms. The number of benzene rings is 3. The molecule has 0 spiro atoms. The number of fused-ring (bicyclic) bond motifs is 1. The van der Waals surface area contributed by atoms with Crippen LogP contribution >= 0.6 is 0 Å². The van der Waals surface area contributed by atoms with Gasteiger partial charge in [-0.3, -0.25) is 0 Å². The van der Waals surface area contributed by atoms with Crippen molar-refractivity contribution < 1.29 is 9.90 Å². The van der Waals surface area contributed by atoms with Gasteiger partial charge in [0, 0.05) is 22.8 Å². The van der Waals surface area contributed by atoms with E-state index in [-0.39, 0.29) is 5.56 Å². The number of aromatic amines is 1. The summed E-state index contributed by atoms with van der Waals surface area (Å²) in [4.78, 5) is 14.7. The summed E-state index contributed by atoms with van der Waals surface area (Å²) in [6.07, 6.45) is 1.88. The first-order valence-electron chi connectivity index (χ1n) is 7.98. The minimum absolute atomic E-state index is 0.244. The predicted molar refractivity (Wildman–Crippen MR) is 100 cm³/mol. The van der Waals surface area contributed by atoms with Crippen LogP contribution < -0.4 is 5.32 Å². The first-order valence-corrected chi connectivity index (χ1v) is 7.98. The Balaban J connectivity index is 1.76. The summed E-state index contributed by atoms with van der Waals surface area (Å²) < 4.78 is 0. The maximum atomic E-state index is 11.6. The van der Waals surface area contributed by atoms with E-state index >= 15 is 0 Å². The Kier molecular flexibility index (Phi) is 3.71. The van der Waals surface area contributed by atoms with E-state index in [0.717, 1.165) is 27.7 Å². The van der Waals surface area contributed by atoms with Gasteiger partial charge in [0.25, 0.3) is 0 Å². The lowest BCUT2D eigenvalue weighted by Crippen LogP contribution is -2.03. The molecule has 0 aliphatic heterocycles. The van der Waals surface area contributed by atoms with Gasteiger partial charge < -0.3 is 15.4 Å². The number of anilines is 2.